The van der Waals surface area contributed by atoms with E-state index in [4.69, 9.17) is 14.9 Å². The number of amides is 1. The number of carbonyl (C=O) groups is 2. The Hall–Kier alpha value is -0.340. The van der Waals surface area contributed by atoms with Crippen molar-refractivity contribution >= 4 is 11.9 Å². The molecule has 1 aliphatic rings. The summed E-state index contributed by atoms with van der Waals surface area (Å²) >= 11 is 0. The van der Waals surface area contributed by atoms with Gasteiger partial charge in [-0.1, -0.05) is 0 Å². The summed E-state index contributed by atoms with van der Waals surface area (Å²) in [6.45, 7) is -1.89. The Balaban J connectivity index is 0.00000484. The summed E-state index contributed by atoms with van der Waals surface area (Å²) in [4.78, 5) is 22.1. The number of aliphatic carboxylic acids is 1. The van der Waals surface area contributed by atoms with Gasteiger partial charge in [0, 0.05) is 6.42 Å². The van der Waals surface area contributed by atoms with Crippen molar-refractivity contribution in [1.29, 1.82) is 0 Å². The van der Waals surface area contributed by atoms with Gasteiger partial charge in [0.15, 0.2) is 0 Å². The van der Waals surface area contributed by atoms with Crippen LogP contribution >= 0.6 is 0 Å². The number of carboxylic acids is 1. The van der Waals surface area contributed by atoms with Gasteiger partial charge in [-0.2, -0.15) is 0 Å². The van der Waals surface area contributed by atoms with E-state index >= 15 is 0 Å². The molecule has 1 heterocycles. The van der Waals surface area contributed by atoms with Crippen LogP contribution in [0.1, 0.15) is 6.42 Å². The van der Waals surface area contributed by atoms with Gasteiger partial charge in [-0.05, 0) is 0 Å². The van der Waals surface area contributed by atoms with Crippen molar-refractivity contribution in [2.24, 2.45) is 0 Å². The van der Waals surface area contributed by atoms with E-state index in [1.165, 1.54) is 0 Å². The third-order valence-corrected chi connectivity index (χ3v) is 3.29. The maximum absolute atomic E-state index is 11.2. The molecule has 12 heteroatoms. The minimum absolute atomic E-state index is 0. The summed E-state index contributed by atoms with van der Waals surface area (Å²) in [6.07, 6.45) is -8.11. The molecule has 0 aliphatic carbocycles. The van der Waals surface area contributed by atoms with Crippen molar-refractivity contribution in [2.45, 2.75) is 42.7 Å². The molecule has 0 spiro atoms. The third kappa shape index (κ3) is 5.32. The van der Waals surface area contributed by atoms with Crippen LogP contribution in [0.25, 0.3) is 0 Å². The van der Waals surface area contributed by atoms with E-state index in [1.54, 1.807) is 0 Å². The molecule has 1 rings (SSSR count). The molecule has 0 aromatic heterocycles. The number of aliphatic hydroxyl groups is 6. The average Bonchev–Trinajstić information content (AvgIpc) is 2.47. The van der Waals surface area contributed by atoms with Gasteiger partial charge in [-0.15, -0.1) is 0 Å². The normalized spacial score (nSPS) is 33.2. The number of hydrogen-bond donors (Lipinski definition) is 7. The van der Waals surface area contributed by atoms with Gasteiger partial charge in [0.25, 0.3) is 0 Å². The first-order chi connectivity index (χ1) is 10.2. The Morgan fingerprint density at radius 3 is 2.35 bits per heavy atom. The number of carbonyl (C=O) groups excluding carboxylic acids is 2. The van der Waals surface area contributed by atoms with Crippen molar-refractivity contribution < 1.29 is 79.6 Å². The van der Waals surface area contributed by atoms with Gasteiger partial charge in [-0.25, -0.2) is 0 Å². The fraction of sp³-hybridized carbons (Fsp3) is 0.818. The predicted molar refractivity (Wildman–Crippen MR) is 63.6 cm³/mol. The largest absolute Gasteiger partial charge is 1.00 e. The van der Waals surface area contributed by atoms with Gasteiger partial charge in [0.05, 0.1) is 18.8 Å². The van der Waals surface area contributed by atoms with Crippen molar-refractivity contribution in [3.63, 3.8) is 0 Å². The zero-order chi connectivity index (χ0) is 17.1. The molecule has 128 valence electrons. The molecule has 1 saturated heterocycles. The van der Waals surface area contributed by atoms with E-state index in [9.17, 15) is 35.1 Å². The Kier molecular flexibility index (Phi) is 9.09. The number of nitrogens with one attached hydrogen (secondary N) is 1. The molecule has 1 aliphatic heterocycles. The summed E-state index contributed by atoms with van der Waals surface area (Å²) in [5.74, 6) is -6.02. The topological polar surface area (TPSA) is 200 Å². The van der Waals surface area contributed by atoms with Gasteiger partial charge in [0.2, 0.25) is 11.7 Å². The fourth-order valence-corrected chi connectivity index (χ4v) is 2.13. The van der Waals surface area contributed by atoms with Crippen LogP contribution in [0, 0.1) is 0 Å². The molecule has 1 unspecified atom stereocenters. The van der Waals surface area contributed by atoms with Crippen molar-refractivity contribution in [3.05, 3.63) is 0 Å². The average molecular weight is 347 g/mol. The third-order valence-electron chi connectivity index (χ3n) is 3.29. The molecule has 23 heavy (non-hydrogen) atoms. The van der Waals surface area contributed by atoms with E-state index in [0.717, 1.165) is 0 Å². The van der Waals surface area contributed by atoms with E-state index in [0.29, 0.717) is 0 Å². The van der Waals surface area contributed by atoms with Gasteiger partial charge in [-0.3, -0.25) is 4.79 Å². The monoisotopic (exact) mass is 347 g/mol. The first kappa shape index (κ1) is 22.7. The number of ether oxygens (including phenoxy) is 1. The number of hydrogen-bond acceptors (Lipinski definition) is 10. The molecule has 1 fully saturated rings. The molecule has 7 N–H and O–H groups in total. The number of aliphatic hydroxyl groups excluding tert-OH is 5. The second-order valence-corrected chi connectivity index (χ2v) is 4.92. The van der Waals surface area contributed by atoms with E-state index in [-0.39, 0.29) is 29.6 Å². The smallest absolute Gasteiger partial charge is 0.544 e. The van der Waals surface area contributed by atoms with Crippen LogP contribution in [0.4, 0.5) is 0 Å². The van der Waals surface area contributed by atoms with Crippen LogP contribution < -0.4 is 40.0 Å². The SMILES string of the molecule is O=C(CO)N[C@H]1[C@H]([C@H](O)[C@H](O)CO)OC(O)(C(=O)[O-])C[C@@H]1O.[Na+]. The zero-order valence-electron chi connectivity index (χ0n) is 12.3. The maximum atomic E-state index is 11.2. The van der Waals surface area contributed by atoms with E-state index in [2.05, 4.69) is 5.32 Å². The molecular formula is C11H18NNaO10. The van der Waals surface area contributed by atoms with Crippen LogP contribution in [0.3, 0.4) is 0 Å². The Morgan fingerprint density at radius 2 is 1.91 bits per heavy atom. The first-order valence-electron chi connectivity index (χ1n) is 6.33. The quantitative estimate of drug-likeness (QED) is 0.226. The van der Waals surface area contributed by atoms with Crippen LogP contribution in [-0.2, 0) is 14.3 Å². The van der Waals surface area contributed by atoms with Crippen molar-refractivity contribution in [3.8, 4) is 0 Å². The molecule has 0 radical (unpaired) electrons. The molecule has 11 nitrogen and oxygen atoms in total. The molecule has 0 bridgehead atoms. The minimum Gasteiger partial charge on any atom is -0.544 e. The second-order valence-electron chi connectivity index (χ2n) is 4.92. The summed E-state index contributed by atoms with van der Waals surface area (Å²) in [6, 6.07) is -1.45. The molecular weight excluding hydrogens is 329 g/mol. The van der Waals surface area contributed by atoms with Crippen LogP contribution in [0.15, 0.2) is 0 Å². The molecule has 6 atom stereocenters. The van der Waals surface area contributed by atoms with Crippen molar-refractivity contribution in [1.82, 2.24) is 5.32 Å². The Labute approximate surface area is 152 Å². The standard InChI is InChI=1S/C11H19NO10.Na/c13-2-5(16)8(18)9-7(12-6(17)3-14)4(15)1-11(21,22-9)10(19)20;/h4-5,7-9,13-16,18,21H,1-3H2,(H,12,17)(H,19,20);/q;+1/p-1/t4-,5+,7+,8+,9+,11?;/m0./s1. The molecule has 1 amide bonds. The zero-order valence-corrected chi connectivity index (χ0v) is 14.3. The molecule has 0 saturated carbocycles. The van der Waals surface area contributed by atoms with E-state index in [1.807, 2.05) is 0 Å². The number of rotatable bonds is 6. The Morgan fingerprint density at radius 1 is 1.35 bits per heavy atom. The Bertz CT molecular complexity index is 424. The minimum atomic E-state index is -2.96. The predicted octanol–water partition coefficient (Wildman–Crippen LogP) is -9.23. The second kappa shape index (κ2) is 9.22. The molecule has 0 aromatic rings. The van der Waals surface area contributed by atoms with Gasteiger partial charge in [0.1, 0.15) is 30.9 Å². The molecule has 0 aromatic carbocycles. The maximum Gasteiger partial charge on any atom is 1.00 e. The van der Waals surface area contributed by atoms with Gasteiger partial charge < -0.3 is 50.6 Å². The van der Waals surface area contributed by atoms with Crippen LogP contribution in [-0.4, -0.2) is 92.0 Å². The first-order valence-corrected chi connectivity index (χ1v) is 6.33. The summed E-state index contributed by atoms with van der Waals surface area (Å²) in [5, 5.41) is 69.3. The van der Waals surface area contributed by atoms with E-state index < -0.39 is 67.8 Å². The van der Waals surface area contributed by atoms with Crippen LogP contribution in [0.5, 0.6) is 0 Å². The van der Waals surface area contributed by atoms with Crippen molar-refractivity contribution in [2.75, 3.05) is 13.2 Å². The summed E-state index contributed by atoms with van der Waals surface area (Å²) < 4.78 is 4.76. The van der Waals surface area contributed by atoms with Gasteiger partial charge >= 0.3 is 29.6 Å². The van der Waals surface area contributed by atoms with Crippen LogP contribution in [0.2, 0.25) is 0 Å². The fourth-order valence-electron chi connectivity index (χ4n) is 2.13. The summed E-state index contributed by atoms with van der Waals surface area (Å²) in [7, 11) is 0. The summed E-state index contributed by atoms with van der Waals surface area (Å²) in [5.41, 5.74) is 0. The number of carboxylic acid groups (broad SMARTS) is 1.